The van der Waals surface area contributed by atoms with Crippen molar-refractivity contribution >= 4 is 23.2 Å². The van der Waals surface area contributed by atoms with Crippen molar-refractivity contribution in [2.45, 2.75) is 0 Å². The van der Waals surface area contributed by atoms with E-state index in [0.29, 0.717) is 5.75 Å². The van der Waals surface area contributed by atoms with E-state index in [1.54, 1.807) is 0 Å². The Morgan fingerprint density at radius 1 is 1.50 bits per heavy atom. The van der Waals surface area contributed by atoms with Gasteiger partial charge in [0.2, 0.25) is 0 Å². The van der Waals surface area contributed by atoms with Gasteiger partial charge >= 0.3 is 0 Å². The zero-order valence-corrected chi connectivity index (χ0v) is 7.65. The van der Waals surface area contributed by atoms with Gasteiger partial charge in [-0.05, 0) is 0 Å². The highest BCUT2D eigenvalue weighted by molar-refractivity contribution is 6.33. The van der Waals surface area contributed by atoms with Gasteiger partial charge in [0.25, 0.3) is 0 Å². The summed E-state index contributed by atoms with van der Waals surface area (Å²) in [5.74, 6) is 0.345. The molecule has 0 saturated heterocycles. The van der Waals surface area contributed by atoms with Crippen LogP contribution >= 0.6 is 23.2 Å². The van der Waals surface area contributed by atoms with Gasteiger partial charge in [0.05, 0.1) is 12.7 Å². The van der Waals surface area contributed by atoms with Crippen LogP contribution < -0.4 is 4.74 Å². The van der Waals surface area contributed by atoms with Crippen LogP contribution in [-0.2, 0) is 0 Å². The van der Waals surface area contributed by atoms with Crippen molar-refractivity contribution in [1.29, 1.82) is 5.26 Å². The number of hydrogen-bond acceptors (Lipinski definition) is 3. The van der Waals surface area contributed by atoms with Gasteiger partial charge in [-0.1, -0.05) is 23.2 Å². The number of ether oxygens (including phenoxy) is 1. The molecule has 1 aromatic heterocycles. The number of hydrogen-bond donors (Lipinski definition) is 0. The van der Waals surface area contributed by atoms with Gasteiger partial charge in [0.1, 0.15) is 11.2 Å². The molecule has 12 heavy (non-hydrogen) atoms. The average Bonchev–Trinajstić information content (AvgIpc) is 2.05. The third-order valence-corrected chi connectivity index (χ3v) is 1.80. The van der Waals surface area contributed by atoms with Gasteiger partial charge in [-0.3, -0.25) is 0 Å². The first-order chi connectivity index (χ1) is 5.69. The third kappa shape index (κ3) is 1.60. The zero-order chi connectivity index (χ0) is 9.14. The van der Waals surface area contributed by atoms with Crippen LogP contribution in [-0.4, -0.2) is 12.1 Å². The van der Waals surface area contributed by atoms with E-state index in [1.165, 1.54) is 13.2 Å². The lowest BCUT2D eigenvalue weighted by Gasteiger charge is -2.02. The molecule has 1 heterocycles. The maximum absolute atomic E-state index is 8.56. The number of aromatic nitrogens is 1. The van der Waals surface area contributed by atoms with Crippen molar-refractivity contribution in [3.05, 3.63) is 21.9 Å². The molecule has 3 nitrogen and oxygen atoms in total. The normalized spacial score (nSPS) is 9.17. The quantitative estimate of drug-likeness (QED) is 0.657. The van der Waals surface area contributed by atoms with Crippen LogP contribution in [0.5, 0.6) is 5.75 Å². The number of methoxy groups -OCH3 is 1. The molecule has 0 aromatic carbocycles. The van der Waals surface area contributed by atoms with E-state index in [2.05, 4.69) is 4.98 Å². The van der Waals surface area contributed by atoms with E-state index in [4.69, 9.17) is 33.2 Å². The molecule has 5 heteroatoms. The Hall–Kier alpha value is -0.980. The predicted molar refractivity (Wildman–Crippen MR) is 45.5 cm³/mol. The lowest BCUT2D eigenvalue weighted by molar-refractivity contribution is 0.413. The molecule has 0 unspecified atom stereocenters. The summed E-state index contributed by atoms with van der Waals surface area (Å²) >= 11 is 11.2. The summed E-state index contributed by atoms with van der Waals surface area (Å²) in [6, 6.07) is 3.31. The molecule has 0 aliphatic heterocycles. The average molecular weight is 203 g/mol. The van der Waals surface area contributed by atoms with Crippen molar-refractivity contribution in [1.82, 2.24) is 4.98 Å². The molecule has 0 fully saturated rings. The molecule has 0 spiro atoms. The fourth-order valence-electron chi connectivity index (χ4n) is 0.673. The number of halogens is 2. The Labute approximate surface area is 79.5 Å². The van der Waals surface area contributed by atoms with E-state index in [9.17, 15) is 0 Å². The van der Waals surface area contributed by atoms with Gasteiger partial charge < -0.3 is 4.74 Å². The minimum absolute atomic E-state index is 0.0864. The number of pyridine rings is 1. The summed E-state index contributed by atoms with van der Waals surface area (Å²) in [7, 11) is 1.44. The van der Waals surface area contributed by atoms with Crippen molar-refractivity contribution in [2.75, 3.05) is 7.11 Å². The minimum atomic E-state index is 0.0864. The molecule has 0 aliphatic rings. The maximum Gasteiger partial charge on any atom is 0.172 e. The zero-order valence-electron chi connectivity index (χ0n) is 6.14. The van der Waals surface area contributed by atoms with Gasteiger partial charge in [-0.2, -0.15) is 5.26 Å². The molecular weight excluding hydrogens is 199 g/mol. The molecule has 1 aromatic rings. The molecule has 62 valence electrons. The molecular formula is C7H4Cl2N2O. The first-order valence-corrected chi connectivity index (χ1v) is 3.74. The van der Waals surface area contributed by atoms with Crippen molar-refractivity contribution in [3.8, 4) is 11.8 Å². The van der Waals surface area contributed by atoms with Crippen molar-refractivity contribution in [2.24, 2.45) is 0 Å². The summed E-state index contributed by atoms with van der Waals surface area (Å²) in [5.41, 5.74) is 0.248. The second kappa shape index (κ2) is 3.61. The Morgan fingerprint density at radius 2 is 2.17 bits per heavy atom. The summed E-state index contributed by atoms with van der Waals surface area (Å²) in [5, 5.41) is 8.80. The number of nitrogens with zero attached hydrogens (tertiary/aromatic N) is 2. The van der Waals surface area contributed by atoms with E-state index < -0.39 is 0 Å². The second-order valence-electron chi connectivity index (χ2n) is 1.93. The van der Waals surface area contributed by atoms with Crippen LogP contribution in [0.15, 0.2) is 6.07 Å². The molecule has 0 bridgehead atoms. The topological polar surface area (TPSA) is 45.9 Å². The van der Waals surface area contributed by atoms with Crippen molar-refractivity contribution in [3.63, 3.8) is 0 Å². The van der Waals surface area contributed by atoms with E-state index in [-0.39, 0.29) is 15.9 Å². The van der Waals surface area contributed by atoms with E-state index in [1.807, 2.05) is 6.07 Å². The van der Waals surface area contributed by atoms with Crippen LogP contribution in [0.4, 0.5) is 0 Å². The highest BCUT2D eigenvalue weighted by atomic mass is 35.5. The summed E-state index contributed by atoms with van der Waals surface area (Å²) in [4.78, 5) is 3.70. The Morgan fingerprint density at radius 3 is 2.67 bits per heavy atom. The largest absolute Gasteiger partial charge is 0.493 e. The van der Waals surface area contributed by atoms with Gasteiger partial charge in [0, 0.05) is 6.07 Å². The van der Waals surface area contributed by atoms with Crippen LogP contribution in [0.1, 0.15) is 5.56 Å². The van der Waals surface area contributed by atoms with E-state index in [0.717, 1.165) is 0 Å². The molecule has 0 radical (unpaired) electrons. The SMILES string of the molecule is COc1cc(C#N)c(Cl)nc1Cl. The monoisotopic (exact) mass is 202 g/mol. The predicted octanol–water partition coefficient (Wildman–Crippen LogP) is 2.27. The fraction of sp³-hybridized carbons (Fsp3) is 0.143. The molecule has 0 aliphatic carbocycles. The first-order valence-electron chi connectivity index (χ1n) is 2.99. The lowest BCUT2D eigenvalue weighted by Crippen LogP contribution is -1.90. The van der Waals surface area contributed by atoms with Crippen LogP contribution in [0, 0.1) is 11.3 Å². The Bertz CT molecular complexity index is 346. The second-order valence-corrected chi connectivity index (χ2v) is 2.65. The summed E-state index contributed by atoms with van der Waals surface area (Å²) in [6.07, 6.45) is 0. The number of rotatable bonds is 1. The van der Waals surface area contributed by atoms with Crippen LogP contribution in [0.2, 0.25) is 10.3 Å². The van der Waals surface area contributed by atoms with Gasteiger partial charge in [-0.15, -0.1) is 0 Å². The Kier molecular flexibility index (Phi) is 2.74. The van der Waals surface area contributed by atoms with Gasteiger partial charge in [-0.25, -0.2) is 4.98 Å². The molecule has 0 amide bonds. The lowest BCUT2D eigenvalue weighted by atomic mass is 10.3. The Balaban J connectivity index is 3.30. The standard InChI is InChI=1S/C7H4Cl2N2O/c1-12-5-2-4(3-10)6(8)11-7(5)9/h2H,1H3. The van der Waals surface area contributed by atoms with Crippen LogP contribution in [0.3, 0.4) is 0 Å². The molecule has 0 N–H and O–H groups in total. The summed E-state index contributed by atoms with van der Waals surface area (Å²) < 4.78 is 4.84. The maximum atomic E-state index is 8.56. The van der Waals surface area contributed by atoms with Crippen molar-refractivity contribution < 1.29 is 4.74 Å². The fourth-order valence-corrected chi connectivity index (χ4v) is 1.11. The van der Waals surface area contributed by atoms with Gasteiger partial charge in [0.15, 0.2) is 10.9 Å². The number of nitriles is 1. The highest BCUT2D eigenvalue weighted by Gasteiger charge is 2.08. The first kappa shape index (κ1) is 9.11. The van der Waals surface area contributed by atoms with E-state index >= 15 is 0 Å². The molecule has 0 atom stereocenters. The minimum Gasteiger partial charge on any atom is -0.493 e. The highest BCUT2D eigenvalue weighted by Crippen LogP contribution is 2.26. The van der Waals surface area contributed by atoms with Crippen LogP contribution in [0.25, 0.3) is 0 Å². The third-order valence-electron chi connectivity index (χ3n) is 1.24. The smallest absolute Gasteiger partial charge is 0.172 e. The summed E-state index contributed by atoms with van der Waals surface area (Å²) in [6.45, 7) is 0. The molecule has 0 saturated carbocycles. The molecule has 1 rings (SSSR count).